The fraction of sp³-hybridized carbons (Fsp3) is 0.167. The Morgan fingerprint density at radius 1 is 0.600 bits per heavy atom. The van der Waals surface area contributed by atoms with E-state index in [-0.39, 0.29) is 11.9 Å². The van der Waals surface area contributed by atoms with Gasteiger partial charge >= 0.3 is 0 Å². The van der Waals surface area contributed by atoms with E-state index in [1.54, 1.807) is 0 Å². The van der Waals surface area contributed by atoms with Gasteiger partial charge in [0.1, 0.15) is 0 Å². The summed E-state index contributed by atoms with van der Waals surface area (Å²) in [4.78, 5) is 0. The van der Waals surface area contributed by atoms with Crippen LogP contribution in [0.1, 0.15) is 11.1 Å². The fourth-order valence-electron chi connectivity index (χ4n) is 3.35. The molecular formula is C24H28N6. The lowest BCUT2D eigenvalue weighted by atomic mass is 9.97. The van der Waals surface area contributed by atoms with Gasteiger partial charge in [-0.15, -0.1) is 0 Å². The monoisotopic (exact) mass is 400 g/mol. The van der Waals surface area contributed by atoms with Crippen LogP contribution in [0.5, 0.6) is 0 Å². The highest BCUT2D eigenvalue weighted by atomic mass is 15.0. The number of benzene rings is 3. The molecule has 0 atom stereocenters. The molecule has 8 N–H and O–H groups in total. The van der Waals surface area contributed by atoms with Crippen molar-refractivity contribution in [2.24, 2.45) is 11.5 Å². The van der Waals surface area contributed by atoms with Crippen LogP contribution in [0.2, 0.25) is 0 Å². The van der Waals surface area contributed by atoms with Crippen molar-refractivity contribution < 1.29 is 0 Å². The Kier molecular flexibility index (Phi) is 7.05. The lowest BCUT2D eigenvalue weighted by molar-refractivity contribution is 0.854. The van der Waals surface area contributed by atoms with E-state index in [0.29, 0.717) is 13.1 Å². The molecule has 6 nitrogen and oxygen atoms in total. The predicted molar refractivity (Wildman–Crippen MR) is 125 cm³/mol. The molecular weight excluding hydrogens is 372 g/mol. The Labute approximate surface area is 177 Å². The van der Waals surface area contributed by atoms with E-state index in [2.05, 4.69) is 83.4 Å². The van der Waals surface area contributed by atoms with Gasteiger partial charge in [0.05, 0.1) is 0 Å². The topological polar surface area (TPSA) is 124 Å². The lowest BCUT2D eigenvalue weighted by Crippen LogP contribution is -2.31. The number of nitrogens with one attached hydrogen (secondary N) is 4. The first-order valence-corrected chi connectivity index (χ1v) is 9.96. The molecule has 0 spiro atoms. The third-order valence-electron chi connectivity index (χ3n) is 4.86. The molecule has 0 aromatic heterocycles. The largest absolute Gasteiger partial charge is 0.370 e. The van der Waals surface area contributed by atoms with Crippen molar-refractivity contribution in [3.63, 3.8) is 0 Å². The first kappa shape index (κ1) is 20.9. The molecule has 0 saturated heterocycles. The molecule has 0 fully saturated rings. The summed E-state index contributed by atoms with van der Waals surface area (Å²) in [5.41, 5.74) is 17.8. The molecule has 0 saturated carbocycles. The molecule has 154 valence electrons. The summed E-state index contributed by atoms with van der Waals surface area (Å²) in [6.45, 7) is 1.30. The zero-order valence-electron chi connectivity index (χ0n) is 16.9. The normalized spacial score (nSPS) is 10.4. The average Bonchev–Trinajstić information content (AvgIpc) is 2.74. The first-order valence-electron chi connectivity index (χ1n) is 9.96. The molecule has 0 aliphatic rings. The number of rotatable bonds is 8. The van der Waals surface area contributed by atoms with E-state index in [0.717, 1.165) is 12.8 Å². The number of hydrogen-bond acceptors (Lipinski definition) is 2. The van der Waals surface area contributed by atoms with E-state index in [9.17, 15) is 0 Å². The number of nitrogens with two attached hydrogens (primary N) is 2. The van der Waals surface area contributed by atoms with Gasteiger partial charge in [-0.05, 0) is 46.2 Å². The van der Waals surface area contributed by atoms with Crippen LogP contribution in [0.4, 0.5) is 0 Å². The van der Waals surface area contributed by atoms with Gasteiger partial charge in [-0.25, -0.2) is 0 Å². The van der Waals surface area contributed by atoms with Gasteiger partial charge in [0, 0.05) is 13.1 Å². The quantitative estimate of drug-likeness (QED) is 0.257. The molecule has 3 aromatic rings. The Morgan fingerprint density at radius 2 is 1.00 bits per heavy atom. The van der Waals surface area contributed by atoms with Crippen LogP contribution in [0, 0.1) is 10.8 Å². The van der Waals surface area contributed by atoms with Crippen molar-refractivity contribution >= 4 is 11.9 Å². The minimum absolute atomic E-state index is 0.000859. The second kappa shape index (κ2) is 10.1. The van der Waals surface area contributed by atoms with Gasteiger partial charge in [0.25, 0.3) is 0 Å². The van der Waals surface area contributed by atoms with Crippen molar-refractivity contribution in [2.75, 3.05) is 13.1 Å². The second-order valence-electron chi connectivity index (χ2n) is 7.16. The highest BCUT2D eigenvalue weighted by molar-refractivity contribution is 5.74. The molecule has 0 radical (unpaired) electrons. The van der Waals surface area contributed by atoms with Crippen LogP contribution in [0.15, 0.2) is 72.8 Å². The van der Waals surface area contributed by atoms with E-state index in [1.807, 2.05) is 0 Å². The molecule has 0 heterocycles. The van der Waals surface area contributed by atoms with Crippen LogP contribution in [0.25, 0.3) is 22.3 Å². The Morgan fingerprint density at radius 3 is 1.37 bits per heavy atom. The minimum atomic E-state index is 0.000859. The van der Waals surface area contributed by atoms with Gasteiger partial charge in [-0.3, -0.25) is 10.8 Å². The molecule has 0 unspecified atom stereocenters. The van der Waals surface area contributed by atoms with Gasteiger partial charge in [-0.2, -0.15) is 0 Å². The van der Waals surface area contributed by atoms with E-state index >= 15 is 0 Å². The summed E-state index contributed by atoms with van der Waals surface area (Å²) >= 11 is 0. The third-order valence-corrected chi connectivity index (χ3v) is 4.86. The maximum atomic E-state index is 7.24. The van der Waals surface area contributed by atoms with Crippen LogP contribution < -0.4 is 22.1 Å². The Hall–Kier alpha value is -3.80. The predicted octanol–water partition coefficient (Wildman–Crippen LogP) is 3.07. The van der Waals surface area contributed by atoms with Crippen LogP contribution in [0.3, 0.4) is 0 Å². The third kappa shape index (κ3) is 6.10. The molecule has 0 aliphatic carbocycles. The second-order valence-corrected chi connectivity index (χ2v) is 7.16. The lowest BCUT2D eigenvalue weighted by Gasteiger charge is -2.09. The molecule has 0 bridgehead atoms. The standard InChI is InChI=1S/C24H28N6/c25-23(26)29-13-11-17-3-1-5-21(15-17)19-7-9-20(10-8-19)22-6-2-4-18(16-22)12-14-30-24(27)28/h1-10,15-16H,11-14H2,(H4,25,26,29)(H4,27,28,30). The summed E-state index contributed by atoms with van der Waals surface area (Å²) in [5.74, 6) is 0.00172. The summed E-state index contributed by atoms with van der Waals surface area (Å²) in [6.07, 6.45) is 1.63. The summed E-state index contributed by atoms with van der Waals surface area (Å²) in [5, 5.41) is 20.2. The van der Waals surface area contributed by atoms with E-state index in [4.69, 9.17) is 22.3 Å². The van der Waals surface area contributed by atoms with E-state index < -0.39 is 0 Å². The van der Waals surface area contributed by atoms with Crippen LogP contribution >= 0.6 is 0 Å². The van der Waals surface area contributed by atoms with Crippen molar-refractivity contribution in [3.8, 4) is 22.3 Å². The van der Waals surface area contributed by atoms with Gasteiger partial charge in [0.2, 0.25) is 0 Å². The van der Waals surface area contributed by atoms with Crippen LogP contribution in [-0.2, 0) is 12.8 Å². The van der Waals surface area contributed by atoms with E-state index in [1.165, 1.54) is 33.4 Å². The minimum Gasteiger partial charge on any atom is -0.370 e. The van der Waals surface area contributed by atoms with Crippen LogP contribution in [-0.4, -0.2) is 25.0 Å². The van der Waals surface area contributed by atoms with Crippen molar-refractivity contribution in [1.29, 1.82) is 10.8 Å². The number of guanidine groups is 2. The van der Waals surface area contributed by atoms with Crippen molar-refractivity contribution in [2.45, 2.75) is 12.8 Å². The summed E-state index contributed by atoms with van der Waals surface area (Å²) in [6, 6.07) is 25.5. The molecule has 30 heavy (non-hydrogen) atoms. The SMILES string of the molecule is N=C(N)NCCc1cccc(-c2ccc(-c3cccc(CCNC(=N)N)c3)cc2)c1. The van der Waals surface area contributed by atoms with Gasteiger partial charge in [-0.1, -0.05) is 72.8 Å². The van der Waals surface area contributed by atoms with Gasteiger partial charge < -0.3 is 22.1 Å². The maximum Gasteiger partial charge on any atom is 0.185 e. The van der Waals surface area contributed by atoms with Crippen molar-refractivity contribution in [1.82, 2.24) is 10.6 Å². The summed E-state index contributed by atoms with van der Waals surface area (Å²) < 4.78 is 0. The first-order chi connectivity index (χ1) is 14.5. The molecule has 0 aliphatic heterocycles. The molecule has 6 heteroatoms. The van der Waals surface area contributed by atoms with Crippen molar-refractivity contribution in [3.05, 3.63) is 83.9 Å². The highest BCUT2D eigenvalue weighted by Gasteiger charge is 2.03. The molecule has 3 rings (SSSR count). The molecule has 0 amide bonds. The average molecular weight is 401 g/mol. The fourth-order valence-corrected chi connectivity index (χ4v) is 3.35. The maximum absolute atomic E-state index is 7.24. The summed E-state index contributed by atoms with van der Waals surface area (Å²) in [7, 11) is 0. The smallest absolute Gasteiger partial charge is 0.185 e. The Bertz CT molecular complexity index is 928. The zero-order valence-corrected chi connectivity index (χ0v) is 16.9. The molecule has 3 aromatic carbocycles. The van der Waals surface area contributed by atoms with Gasteiger partial charge in [0.15, 0.2) is 11.9 Å². The zero-order chi connectivity index (χ0) is 21.3. The number of hydrogen-bond donors (Lipinski definition) is 6. The Balaban J connectivity index is 1.69. The highest BCUT2D eigenvalue weighted by Crippen LogP contribution is 2.26.